The maximum absolute atomic E-state index is 13.5. The first kappa shape index (κ1) is 27.3. The van der Waals surface area contributed by atoms with Crippen LogP contribution in [0.5, 0.6) is 0 Å². The Balaban J connectivity index is 1.62. The normalized spacial score (nSPS) is 23.3. The van der Waals surface area contributed by atoms with E-state index in [0.717, 1.165) is 5.56 Å². The van der Waals surface area contributed by atoms with Crippen molar-refractivity contribution in [3.8, 4) is 0 Å². The molecule has 2 aliphatic heterocycles. The molecule has 0 radical (unpaired) electrons. The van der Waals surface area contributed by atoms with Gasteiger partial charge in [0.15, 0.2) is 0 Å². The number of aryl methyl sites for hydroxylation is 1. The third-order valence-corrected chi connectivity index (χ3v) is 7.00. The van der Waals surface area contributed by atoms with Gasteiger partial charge < -0.3 is 20.9 Å². The smallest absolute Gasteiger partial charge is 0.245 e. The summed E-state index contributed by atoms with van der Waals surface area (Å²) in [5.74, 6) is 0.359. The standard InChI is InChI=1S/C27H37N7O4/c1-17(2)24-25-28-18(3)32-34(25)15-14-33(27(38)20-11-12-23(36)29-20)13-7-10-22(35)30-21(26(37)31-24)16-19-8-5-4-6-9-19/h4-6,8-9,17,20-21,24H,7,10-16H2,1-3H3,(H,29,36)(H,30,35)(H,31,37)/t20-,21-,24+/m0/s1. The molecule has 3 N–H and O–H groups in total. The minimum Gasteiger partial charge on any atom is -0.344 e. The second-order valence-corrected chi connectivity index (χ2v) is 10.4. The number of aromatic nitrogens is 3. The number of nitrogens with one attached hydrogen (secondary N) is 3. The van der Waals surface area contributed by atoms with Crippen LogP contribution < -0.4 is 16.0 Å². The Morgan fingerprint density at radius 1 is 1.00 bits per heavy atom. The number of fused-ring (bicyclic) bond motifs is 1. The number of carbonyl (C=O) groups is 4. The third kappa shape index (κ3) is 6.76. The van der Waals surface area contributed by atoms with Gasteiger partial charge in [0.2, 0.25) is 23.6 Å². The number of hydrogen-bond acceptors (Lipinski definition) is 6. The van der Waals surface area contributed by atoms with E-state index in [2.05, 4.69) is 26.0 Å². The lowest BCUT2D eigenvalue weighted by Crippen LogP contribution is -2.50. The molecule has 0 bridgehead atoms. The van der Waals surface area contributed by atoms with E-state index in [1.165, 1.54) is 0 Å². The summed E-state index contributed by atoms with van der Waals surface area (Å²) in [6, 6.07) is 7.80. The zero-order chi connectivity index (χ0) is 27.2. The first-order chi connectivity index (χ1) is 18.2. The van der Waals surface area contributed by atoms with Gasteiger partial charge in [0.05, 0.1) is 12.6 Å². The van der Waals surface area contributed by atoms with Crippen molar-refractivity contribution in [1.82, 2.24) is 35.6 Å². The minimum absolute atomic E-state index is 0.00582. The molecule has 0 unspecified atom stereocenters. The molecule has 1 aromatic carbocycles. The van der Waals surface area contributed by atoms with Crippen molar-refractivity contribution in [3.05, 3.63) is 47.5 Å². The van der Waals surface area contributed by atoms with Gasteiger partial charge in [-0.1, -0.05) is 44.2 Å². The van der Waals surface area contributed by atoms with Gasteiger partial charge in [0.25, 0.3) is 0 Å². The average Bonchev–Trinajstić information content (AvgIpc) is 3.48. The highest BCUT2D eigenvalue weighted by molar-refractivity contribution is 5.91. The summed E-state index contributed by atoms with van der Waals surface area (Å²) >= 11 is 0. The van der Waals surface area contributed by atoms with Crippen molar-refractivity contribution < 1.29 is 19.2 Å². The van der Waals surface area contributed by atoms with Crippen molar-refractivity contribution in [3.63, 3.8) is 0 Å². The van der Waals surface area contributed by atoms with Gasteiger partial charge in [0, 0.05) is 32.4 Å². The highest BCUT2D eigenvalue weighted by Gasteiger charge is 2.32. The Bertz CT molecular complexity index is 1160. The van der Waals surface area contributed by atoms with Gasteiger partial charge >= 0.3 is 0 Å². The third-order valence-electron chi connectivity index (χ3n) is 7.00. The molecule has 4 rings (SSSR count). The number of rotatable bonds is 4. The molecule has 1 aromatic heterocycles. The monoisotopic (exact) mass is 523 g/mol. The number of carbonyl (C=O) groups excluding carboxylic acids is 4. The molecule has 2 aromatic rings. The highest BCUT2D eigenvalue weighted by Crippen LogP contribution is 2.22. The van der Waals surface area contributed by atoms with Gasteiger partial charge in [-0.2, -0.15) is 5.10 Å². The molecule has 0 saturated carbocycles. The van der Waals surface area contributed by atoms with Gasteiger partial charge in [-0.15, -0.1) is 0 Å². The van der Waals surface area contributed by atoms with E-state index in [0.29, 0.717) is 57.0 Å². The van der Waals surface area contributed by atoms with Crippen LogP contribution in [0, 0.1) is 12.8 Å². The van der Waals surface area contributed by atoms with Crippen molar-refractivity contribution in [1.29, 1.82) is 0 Å². The Morgan fingerprint density at radius 2 is 1.74 bits per heavy atom. The molecule has 11 heteroatoms. The zero-order valence-electron chi connectivity index (χ0n) is 22.3. The van der Waals surface area contributed by atoms with Crippen LogP contribution in [0.1, 0.15) is 62.8 Å². The van der Waals surface area contributed by atoms with Gasteiger partial charge in [-0.3, -0.25) is 19.2 Å². The fourth-order valence-electron chi connectivity index (χ4n) is 4.97. The molecule has 4 amide bonds. The largest absolute Gasteiger partial charge is 0.344 e. The van der Waals surface area contributed by atoms with Gasteiger partial charge in [-0.05, 0) is 31.2 Å². The molecule has 3 heterocycles. The number of amides is 4. The van der Waals surface area contributed by atoms with Gasteiger partial charge in [0.1, 0.15) is 23.7 Å². The van der Waals surface area contributed by atoms with Crippen molar-refractivity contribution in [2.24, 2.45) is 5.92 Å². The van der Waals surface area contributed by atoms with Crippen molar-refractivity contribution >= 4 is 23.6 Å². The highest BCUT2D eigenvalue weighted by atomic mass is 16.2. The zero-order valence-corrected chi connectivity index (χ0v) is 22.3. The van der Waals surface area contributed by atoms with Crippen LogP contribution in [0.4, 0.5) is 0 Å². The number of benzene rings is 1. The molecular formula is C27H37N7O4. The predicted molar refractivity (Wildman–Crippen MR) is 140 cm³/mol. The van der Waals surface area contributed by atoms with E-state index >= 15 is 0 Å². The first-order valence-electron chi connectivity index (χ1n) is 13.3. The van der Waals surface area contributed by atoms with Crippen molar-refractivity contribution in [2.75, 3.05) is 13.1 Å². The summed E-state index contributed by atoms with van der Waals surface area (Å²) in [5, 5.41) is 13.3. The summed E-state index contributed by atoms with van der Waals surface area (Å²) in [7, 11) is 0. The summed E-state index contributed by atoms with van der Waals surface area (Å²) in [6.45, 7) is 6.85. The maximum atomic E-state index is 13.5. The summed E-state index contributed by atoms with van der Waals surface area (Å²) in [4.78, 5) is 57.7. The van der Waals surface area contributed by atoms with Crippen LogP contribution in [-0.2, 0) is 32.1 Å². The van der Waals surface area contributed by atoms with E-state index in [1.54, 1.807) is 16.5 Å². The number of nitrogens with zero attached hydrogens (tertiary/aromatic N) is 4. The van der Waals surface area contributed by atoms with E-state index in [1.807, 2.05) is 44.2 Å². The number of hydrogen-bond donors (Lipinski definition) is 3. The lowest BCUT2D eigenvalue weighted by Gasteiger charge is -2.29. The van der Waals surface area contributed by atoms with E-state index in [4.69, 9.17) is 0 Å². The lowest BCUT2D eigenvalue weighted by molar-refractivity contribution is -0.135. The maximum Gasteiger partial charge on any atom is 0.245 e. The Morgan fingerprint density at radius 3 is 2.42 bits per heavy atom. The van der Waals surface area contributed by atoms with E-state index in [9.17, 15) is 19.2 Å². The summed E-state index contributed by atoms with van der Waals surface area (Å²) in [6.07, 6.45) is 1.74. The van der Waals surface area contributed by atoms with Crippen LogP contribution in [0.3, 0.4) is 0 Å². The second kappa shape index (κ2) is 12.2. The predicted octanol–water partition coefficient (Wildman–Crippen LogP) is 1.03. The van der Waals surface area contributed by atoms with Crippen molar-refractivity contribution in [2.45, 2.75) is 77.5 Å². The molecular weight excluding hydrogens is 486 g/mol. The molecule has 0 aliphatic carbocycles. The SMILES string of the molecule is Cc1nc2n(n1)CCN(C(=O)[C@@H]1CCC(=O)N1)CCCC(=O)N[C@@H](Cc1ccccc1)C(=O)N[C@@H]2C(C)C. The Hall–Kier alpha value is -3.76. The summed E-state index contributed by atoms with van der Waals surface area (Å²) < 4.78 is 1.75. The van der Waals surface area contributed by atoms with Gasteiger partial charge in [-0.25, -0.2) is 9.67 Å². The molecule has 1 fully saturated rings. The molecule has 11 nitrogen and oxygen atoms in total. The van der Waals surface area contributed by atoms with E-state index < -0.39 is 18.1 Å². The second-order valence-electron chi connectivity index (χ2n) is 10.4. The van der Waals surface area contributed by atoms with Crippen LogP contribution in [0.2, 0.25) is 0 Å². The Labute approximate surface area is 222 Å². The quantitative estimate of drug-likeness (QED) is 0.547. The topological polar surface area (TPSA) is 138 Å². The molecule has 38 heavy (non-hydrogen) atoms. The molecule has 2 aliphatic rings. The molecule has 3 atom stereocenters. The van der Waals surface area contributed by atoms with E-state index in [-0.39, 0.29) is 36.0 Å². The average molecular weight is 524 g/mol. The Kier molecular flexibility index (Phi) is 8.75. The van der Waals surface area contributed by atoms with Crippen LogP contribution >= 0.6 is 0 Å². The van der Waals surface area contributed by atoms with Crippen LogP contribution in [0.15, 0.2) is 30.3 Å². The van der Waals surface area contributed by atoms with Crippen LogP contribution in [0.25, 0.3) is 0 Å². The molecule has 1 saturated heterocycles. The fraction of sp³-hybridized carbons (Fsp3) is 0.556. The molecule has 0 spiro atoms. The summed E-state index contributed by atoms with van der Waals surface area (Å²) in [5.41, 5.74) is 0.935. The lowest BCUT2D eigenvalue weighted by atomic mass is 10.0. The minimum atomic E-state index is -0.766. The molecule has 204 valence electrons. The fourth-order valence-corrected chi connectivity index (χ4v) is 4.97. The van der Waals surface area contributed by atoms with Crippen LogP contribution in [-0.4, -0.2) is 68.5 Å². The first-order valence-corrected chi connectivity index (χ1v) is 13.3.